The zero-order valence-electron chi connectivity index (χ0n) is 23.8. The molecule has 10 nitrogen and oxygen atoms in total. The standard InChI is InChI=1S/C30H38N2O8/c1-21(2)39-29(35)31(5)25(23-13-9-7-10-14-23)19-37-27(33)17-18-28(34)38-20-26(24-15-11-8-12-16-24)32(6)30(36)40-22(3)4/h7-18,21-22,25-26H,19-20H2,1-6H3/b18-17+/t25-,26-/m0/s1. The van der Waals surface area contributed by atoms with Crippen LogP contribution in [0.1, 0.15) is 50.9 Å². The van der Waals surface area contributed by atoms with Crippen LogP contribution in [0.3, 0.4) is 0 Å². The van der Waals surface area contributed by atoms with Crippen molar-refractivity contribution in [3.63, 3.8) is 0 Å². The van der Waals surface area contributed by atoms with Crippen LogP contribution in [0.25, 0.3) is 0 Å². The van der Waals surface area contributed by atoms with Crippen molar-refractivity contribution >= 4 is 24.1 Å². The van der Waals surface area contributed by atoms with Gasteiger partial charge in [-0.15, -0.1) is 0 Å². The van der Waals surface area contributed by atoms with Gasteiger partial charge in [0.1, 0.15) is 13.2 Å². The first-order valence-electron chi connectivity index (χ1n) is 13.0. The van der Waals surface area contributed by atoms with Gasteiger partial charge in [-0.3, -0.25) is 0 Å². The molecule has 2 aromatic rings. The van der Waals surface area contributed by atoms with E-state index in [9.17, 15) is 19.2 Å². The van der Waals surface area contributed by atoms with E-state index in [1.54, 1.807) is 41.8 Å². The van der Waals surface area contributed by atoms with Gasteiger partial charge in [-0.25, -0.2) is 19.2 Å². The van der Waals surface area contributed by atoms with Gasteiger partial charge in [-0.05, 0) is 38.8 Å². The predicted molar refractivity (Wildman–Crippen MR) is 148 cm³/mol. The molecule has 40 heavy (non-hydrogen) atoms. The number of amides is 2. The number of hydrogen-bond donors (Lipinski definition) is 0. The summed E-state index contributed by atoms with van der Waals surface area (Å²) >= 11 is 0. The molecule has 0 radical (unpaired) electrons. The van der Waals surface area contributed by atoms with E-state index in [2.05, 4.69) is 0 Å². The van der Waals surface area contributed by atoms with Crippen LogP contribution in [-0.4, -0.2) is 73.4 Å². The normalized spacial score (nSPS) is 12.5. The minimum atomic E-state index is -0.791. The summed E-state index contributed by atoms with van der Waals surface area (Å²) in [6.07, 6.45) is 0.148. The Hall–Kier alpha value is -4.34. The van der Waals surface area contributed by atoms with Crippen LogP contribution in [0.5, 0.6) is 0 Å². The minimum absolute atomic E-state index is 0.162. The number of nitrogens with zero attached hydrogens (tertiary/aromatic N) is 2. The average Bonchev–Trinajstić information content (AvgIpc) is 2.92. The van der Waals surface area contributed by atoms with Crippen molar-refractivity contribution in [2.24, 2.45) is 0 Å². The van der Waals surface area contributed by atoms with Crippen molar-refractivity contribution in [1.29, 1.82) is 0 Å². The average molecular weight is 555 g/mol. The van der Waals surface area contributed by atoms with Gasteiger partial charge in [0, 0.05) is 26.2 Å². The fraction of sp³-hybridized carbons (Fsp3) is 0.400. The van der Waals surface area contributed by atoms with E-state index in [0.29, 0.717) is 0 Å². The fourth-order valence-corrected chi connectivity index (χ4v) is 3.59. The van der Waals surface area contributed by atoms with Crippen molar-refractivity contribution in [2.45, 2.75) is 52.0 Å². The van der Waals surface area contributed by atoms with E-state index in [4.69, 9.17) is 18.9 Å². The SMILES string of the molecule is CC(C)OC(=O)N(C)[C@@H](COC(=O)/C=C/C(=O)OC[C@@H](c1ccccc1)N(C)C(=O)OC(C)C)c1ccccc1. The number of likely N-dealkylation sites (N-methyl/N-ethyl adjacent to an activating group) is 2. The van der Waals surface area contributed by atoms with Crippen LogP contribution < -0.4 is 0 Å². The topological polar surface area (TPSA) is 112 Å². The molecule has 0 aliphatic carbocycles. The second-order valence-corrected chi connectivity index (χ2v) is 9.53. The Kier molecular flexibility index (Phi) is 12.7. The largest absolute Gasteiger partial charge is 0.460 e. The van der Waals surface area contributed by atoms with E-state index in [-0.39, 0.29) is 25.4 Å². The molecule has 0 saturated carbocycles. The Bertz CT molecular complexity index is 1050. The first-order valence-corrected chi connectivity index (χ1v) is 13.0. The highest BCUT2D eigenvalue weighted by Crippen LogP contribution is 2.22. The van der Waals surface area contributed by atoms with Gasteiger partial charge in [0.15, 0.2) is 0 Å². The highest BCUT2D eigenvalue weighted by atomic mass is 16.6. The molecule has 0 saturated heterocycles. The van der Waals surface area contributed by atoms with E-state index >= 15 is 0 Å². The Morgan fingerprint density at radius 2 is 0.950 bits per heavy atom. The van der Waals surface area contributed by atoms with E-state index in [1.165, 1.54) is 9.80 Å². The molecule has 0 spiro atoms. The molecule has 0 aromatic heterocycles. The third kappa shape index (κ3) is 10.4. The lowest BCUT2D eigenvalue weighted by Crippen LogP contribution is -2.36. The molecular formula is C30H38N2O8. The Balaban J connectivity index is 2.01. The smallest absolute Gasteiger partial charge is 0.410 e. The summed E-state index contributed by atoms with van der Waals surface area (Å²) in [7, 11) is 3.11. The van der Waals surface area contributed by atoms with Crippen LogP contribution in [-0.2, 0) is 28.5 Å². The first kappa shape index (κ1) is 31.9. The monoisotopic (exact) mass is 554 g/mol. The molecule has 0 bridgehead atoms. The molecule has 2 aromatic carbocycles. The van der Waals surface area contributed by atoms with Crippen molar-refractivity contribution in [2.75, 3.05) is 27.3 Å². The van der Waals surface area contributed by atoms with Gasteiger partial charge in [0.25, 0.3) is 0 Å². The summed E-state index contributed by atoms with van der Waals surface area (Å²) in [5.74, 6) is -1.58. The lowest BCUT2D eigenvalue weighted by molar-refractivity contribution is -0.142. The van der Waals surface area contributed by atoms with Crippen LogP contribution in [0.15, 0.2) is 72.8 Å². The second-order valence-electron chi connectivity index (χ2n) is 9.53. The maximum atomic E-state index is 12.5. The van der Waals surface area contributed by atoms with Crippen LogP contribution >= 0.6 is 0 Å². The molecule has 0 unspecified atom stereocenters. The molecule has 0 N–H and O–H groups in total. The van der Waals surface area contributed by atoms with Gasteiger partial charge < -0.3 is 28.7 Å². The quantitative estimate of drug-likeness (QED) is 0.203. The van der Waals surface area contributed by atoms with Gasteiger partial charge in [-0.1, -0.05) is 60.7 Å². The lowest BCUT2D eigenvalue weighted by Gasteiger charge is -2.28. The van der Waals surface area contributed by atoms with Gasteiger partial charge in [-0.2, -0.15) is 0 Å². The number of ether oxygens (including phenoxy) is 4. The number of esters is 2. The number of hydrogen-bond acceptors (Lipinski definition) is 8. The summed E-state index contributed by atoms with van der Waals surface area (Å²) < 4.78 is 21.2. The summed E-state index contributed by atoms with van der Waals surface area (Å²) in [5, 5.41) is 0. The number of carbonyl (C=O) groups excluding carboxylic acids is 4. The lowest BCUT2D eigenvalue weighted by atomic mass is 10.1. The molecule has 10 heteroatoms. The van der Waals surface area contributed by atoms with Crippen LogP contribution in [0, 0.1) is 0 Å². The zero-order chi connectivity index (χ0) is 29.7. The summed E-state index contributed by atoms with van der Waals surface area (Å²) in [6, 6.07) is 16.9. The van der Waals surface area contributed by atoms with E-state index < -0.39 is 36.2 Å². The van der Waals surface area contributed by atoms with Crippen molar-refractivity contribution < 1.29 is 38.1 Å². The number of rotatable bonds is 12. The summed E-state index contributed by atoms with van der Waals surface area (Å²) in [5.41, 5.74) is 1.49. The maximum absolute atomic E-state index is 12.5. The fourth-order valence-electron chi connectivity index (χ4n) is 3.59. The van der Waals surface area contributed by atoms with Crippen LogP contribution in [0.4, 0.5) is 9.59 Å². The zero-order valence-corrected chi connectivity index (χ0v) is 23.8. The molecule has 0 aliphatic heterocycles. The van der Waals surface area contributed by atoms with Gasteiger partial charge >= 0.3 is 24.1 Å². The highest BCUT2D eigenvalue weighted by molar-refractivity contribution is 5.91. The highest BCUT2D eigenvalue weighted by Gasteiger charge is 2.26. The van der Waals surface area contributed by atoms with Crippen molar-refractivity contribution in [3.05, 3.63) is 83.9 Å². The molecule has 0 fully saturated rings. The third-order valence-electron chi connectivity index (χ3n) is 5.68. The molecular weight excluding hydrogens is 516 g/mol. The molecule has 0 aliphatic rings. The number of benzene rings is 2. The molecule has 2 amide bonds. The van der Waals surface area contributed by atoms with Gasteiger partial charge in [0.05, 0.1) is 24.3 Å². The van der Waals surface area contributed by atoms with Gasteiger partial charge in [0.2, 0.25) is 0 Å². The predicted octanol–water partition coefficient (Wildman–Crippen LogP) is 5.07. The molecule has 216 valence electrons. The summed E-state index contributed by atoms with van der Waals surface area (Å²) in [6.45, 7) is 6.64. The molecule has 0 heterocycles. The Morgan fingerprint density at radius 1 is 0.625 bits per heavy atom. The third-order valence-corrected chi connectivity index (χ3v) is 5.68. The molecule has 2 rings (SSSR count). The van der Waals surface area contributed by atoms with Crippen molar-refractivity contribution in [3.8, 4) is 0 Å². The Labute approximate surface area is 235 Å². The first-order chi connectivity index (χ1) is 19.0. The Morgan fingerprint density at radius 3 is 1.25 bits per heavy atom. The van der Waals surface area contributed by atoms with E-state index in [0.717, 1.165) is 23.3 Å². The van der Waals surface area contributed by atoms with Crippen LogP contribution in [0.2, 0.25) is 0 Å². The molecule has 2 atom stereocenters. The van der Waals surface area contributed by atoms with Crippen molar-refractivity contribution in [1.82, 2.24) is 9.80 Å². The second kappa shape index (κ2) is 15.9. The maximum Gasteiger partial charge on any atom is 0.410 e. The number of carbonyl (C=O) groups is 4. The summed E-state index contributed by atoms with van der Waals surface area (Å²) in [4.78, 5) is 52.4. The van der Waals surface area contributed by atoms with E-state index in [1.807, 2.05) is 60.7 Å². The minimum Gasteiger partial charge on any atom is -0.460 e.